The zero-order chi connectivity index (χ0) is 13.6. The molecule has 0 radical (unpaired) electrons. The van der Waals surface area contributed by atoms with Gasteiger partial charge in [0.25, 0.3) is 0 Å². The standard InChI is InChI=1S/C18H25Br/c1-4-18(2,3)13-10-8-12(9-11-13)17(19)16-14-6-5-7-15(14)16/h8-11,14-17H,4-7H2,1-3H3. The Balaban J connectivity index is 1.72. The quantitative estimate of drug-likeness (QED) is 0.610. The average molecular weight is 321 g/mol. The third-order valence-electron chi connectivity index (χ3n) is 5.71. The van der Waals surface area contributed by atoms with Crippen LogP contribution in [0.25, 0.3) is 0 Å². The number of rotatable bonds is 4. The maximum Gasteiger partial charge on any atom is 0.0429 e. The van der Waals surface area contributed by atoms with Crippen molar-refractivity contribution in [2.75, 3.05) is 0 Å². The van der Waals surface area contributed by atoms with Gasteiger partial charge in [0.2, 0.25) is 0 Å². The molecule has 1 heteroatoms. The highest BCUT2D eigenvalue weighted by Crippen LogP contribution is 2.64. The molecule has 3 rings (SSSR count). The number of halogens is 1. The van der Waals surface area contributed by atoms with Gasteiger partial charge in [-0.2, -0.15) is 0 Å². The van der Waals surface area contributed by atoms with Gasteiger partial charge in [0.1, 0.15) is 0 Å². The third kappa shape index (κ3) is 2.39. The molecule has 104 valence electrons. The van der Waals surface area contributed by atoms with Gasteiger partial charge in [-0.15, -0.1) is 0 Å². The van der Waals surface area contributed by atoms with E-state index in [-0.39, 0.29) is 0 Å². The minimum absolute atomic E-state index is 0.302. The van der Waals surface area contributed by atoms with Crippen LogP contribution in [0.1, 0.15) is 62.4 Å². The summed E-state index contributed by atoms with van der Waals surface area (Å²) < 4.78 is 0. The second-order valence-electron chi connectivity index (χ2n) is 7.10. The van der Waals surface area contributed by atoms with E-state index in [0.717, 1.165) is 17.8 Å². The minimum Gasteiger partial charge on any atom is -0.0836 e. The summed E-state index contributed by atoms with van der Waals surface area (Å²) in [6.45, 7) is 6.93. The van der Waals surface area contributed by atoms with E-state index >= 15 is 0 Å². The molecule has 0 bridgehead atoms. The molecular formula is C18H25Br. The van der Waals surface area contributed by atoms with Crippen LogP contribution in [-0.4, -0.2) is 0 Å². The Morgan fingerprint density at radius 3 is 2.26 bits per heavy atom. The first-order valence-corrected chi connectivity index (χ1v) is 8.70. The molecular weight excluding hydrogens is 296 g/mol. The Bertz CT molecular complexity index is 435. The molecule has 0 spiro atoms. The van der Waals surface area contributed by atoms with Gasteiger partial charge in [-0.05, 0) is 53.6 Å². The second-order valence-corrected chi connectivity index (χ2v) is 8.08. The van der Waals surface area contributed by atoms with E-state index in [1.165, 1.54) is 36.8 Å². The van der Waals surface area contributed by atoms with Gasteiger partial charge >= 0.3 is 0 Å². The predicted octanol–water partition coefficient (Wildman–Crippen LogP) is 5.86. The normalized spacial score (nSPS) is 31.1. The molecule has 0 heterocycles. The molecule has 0 saturated heterocycles. The summed E-state index contributed by atoms with van der Waals surface area (Å²) in [6.07, 6.45) is 5.60. The molecule has 2 aliphatic rings. The van der Waals surface area contributed by atoms with Gasteiger partial charge in [0.15, 0.2) is 0 Å². The largest absolute Gasteiger partial charge is 0.0836 e. The fourth-order valence-corrected chi connectivity index (χ4v) is 4.94. The molecule has 2 fully saturated rings. The van der Waals surface area contributed by atoms with Crippen LogP contribution >= 0.6 is 15.9 Å². The number of alkyl halides is 1. The summed E-state index contributed by atoms with van der Waals surface area (Å²) in [6, 6.07) is 9.37. The Morgan fingerprint density at radius 2 is 1.74 bits per heavy atom. The van der Waals surface area contributed by atoms with Crippen molar-refractivity contribution in [2.24, 2.45) is 17.8 Å². The van der Waals surface area contributed by atoms with E-state index in [2.05, 4.69) is 61.0 Å². The Hall–Kier alpha value is -0.300. The molecule has 0 aromatic heterocycles. The number of fused-ring (bicyclic) bond motifs is 1. The van der Waals surface area contributed by atoms with Crippen molar-refractivity contribution in [3.05, 3.63) is 35.4 Å². The van der Waals surface area contributed by atoms with Crippen molar-refractivity contribution >= 4 is 15.9 Å². The first-order chi connectivity index (χ1) is 9.04. The van der Waals surface area contributed by atoms with E-state index in [0.29, 0.717) is 10.2 Å². The summed E-state index contributed by atoms with van der Waals surface area (Å²) in [7, 11) is 0. The van der Waals surface area contributed by atoms with Crippen LogP contribution in [-0.2, 0) is 5.41 Å². The molecule has 0 nitrogen and oxygen atoms in total. The molecule has 0 aliphatic heterocycles. The highest BCUT2D eigenvalue weighted by atomic mass is 79.9. The SMILES string of the molecule is CCC(C)(C)c1ccc(C(Br)C2C3CCCC32)cc1. The van der Waals surface area contributed by atoms with Gasteiger partial charge in [-0.25, -0.2) is 0 Å². The lowest BCUT2D eigenvalue weighted by Gasteiger charge is -2.24. The summed E-state index contributed by atoms with van der Waals surface area (Å²) >= 11 is 3.96. The van der Waals surface area contributed by atoms with E-state index in [9.17, 15) is 0 Å². The van der Waals surface area contributed by atoms with Gasteiger partial charge in [0.05, 0.1) is 0 Å². The van der Waals surface area contributed by atoms with Gasteiger partial charge in [-0.3, -0.25) is 0 Å². The van der Waals surface area contributed by atoms with E-state index < -0.39 is 0 Å². The van der Waals surface area contributed by atoms with Crippen LogP contribution < -0.4 is 0 Å². The third-order valence-corrected chi connectivity index (χ3v) is 6.84. The molecule has 0 amide bonds. The van der Waals surface area contributed by atoms with Gasteiger partial charge in [0, 0.05) is 4.83 Å². The maximum absolute atomic E-state index is 3.96. The molecule has 19 heavy (non-hydrogen) atoms. The molecule has 0 N–H and O–H groups in total. The van der Waals surface area contributed by atoms with Gasteiger partial charge in [-0.1, -0.05) is 67.4 Å². The summed E-state index contributed by atoms with van der Waals surface area (Å²) in [5, 5.41) is 0. The van der Waals surface area contributed by atoms with Crippen molar-refractivity contribution in [1.29, 1.82) is 0 Å². The fraction of sp³-hybridized carbons (Fsp3) is 0.667. The monoisotopic (exact) mass is 320 g/mol. The predicted molar refractivity (Wildman–Crippen MR) is 85.7 cm³/mol. The van der Waals surface area contributed by atoms with Gasteiger partial charge < -0.3 is 0 Å². The van der Waals surface area contributed by atoms with E-state index in [1.807, 2.05) is 0 Å². The number of hydrogen-bond donors (Lipinski definition) is 0. The van der Waals surface area contributed by atoms with Crippen LogP contribution in [0.15, 0.2) is 24.3 Å². The van der Waals surface area contributed by atoms with Crippen LogP contribution in [0.2, 0.25) is 0 Å². The van der Waals surface area contributed by atoms with Crippen molar-refractivity contribution in [3.8, 4) is 0 Å². The Labute approximate surface area is 126 Å². The number of benzene rings is 1. The average Bonchev–Trinajstić information content (AvgIpc) is 2.90. The second kappa shape index (κ2) is 4.91. The Morgan fingerprint density at radius 1 is 1.16 bits per heavy atom. The highest BCUT2D eigenvalue weighted by Gasteiger charge is 2.55. The zero-order valence-corrected chi connectivity index (χ0v) is 13.9. The minimum atomic E-state index is 0.302. The first kappa shape index (κ1) is 13.7. The van der Waals surface area contributed by atoms with Crippen molar-refractivity contribution in [2.45, 2.75) is 56.7 Å². The van der Waals surface area contributed by atoms with Crippen molar-refractivity contribution < 1.29 is 0 Å². The lowest BCUT2D eigenvalue weighted by atomic mass is 9.82. The number of hydrogen-bond acceptors (Lipinski definition) is 0. The van der Waals surface area contributed by atoms with E-state index in [4.69, 9.17) is 0 Å². The zero-order valence-electron chi connectivity index (χ0n) is 12.3. The first-order valence-electron chi connectivity index (χ1n) is 7.79. The molecule has 1 aromatic carbocycles. The van der Waals surface area contributed by atoms with Crippen molar-refractivity contribution in [3.63, 3.8) is 0 Å². The lowest BCUT2D eigenvalue weighted by Crippen LogP contribution is -2.15. The summed E-state index contributed by atoms with van der Waals surface area (Å²) in [4.78, 5) is 0.585. The molecule has 2 aliphatic carbocycles. The molecule has 3 unspecified atom stereocenters. The van der Waals surface area contributed by atoms with Crippen LogP contribution in [0, 0.1) is 17.8 Å². The lowest BCUT2D eigenvalue weighted by molar-refractivity contribution is 0.506. The summed E-state index contributed by atoms with van der Waals surface area (Å²) in [5.41, 5.74) is 3.25. The van der Waals surface area contributed by atoms with Crippen LogP contribution in [0.5, 0.6) is 0 Å². The molecule has 1 aromatic rings. The Kier molecular flexibility index (Phi) is 3.53. The van der Waals surface area contributed by atoms with Crippen molar-refractivity contribution in [1.82, 2.24) is 0 Å². The van der Waals surface area contributed by atoms with Crippen LogP contribution in [0.3, 0.4) is 0 Å². The maximum atomic E-state index is 3.96. The molecule has 3 atom stereocenters. The summed E-state index contributed by atoms with van der Waals surface area (Å²) in [5.74, 6) is 2.96. The van der Waals surface area contributed by atoms with E-state index in [1.54, 1.807) is 0 Å². The fourth-order valence-electron chi connectivity index (χ4n) is 3.86. The molecule has 2 saturated carbocycles. The highest BCUT2D eigenvalue weighted by molar-refractivity contribution is 9.09. The smallest absolute Gasteiger partial charge is 0.0429 e. The topological polar surface area (TPSA) is 0 Å². The van der Waals surface area contributed by atoms with Crippen LogP contribution in [0.4, 0.5) is 0 Å².